The first-order valence-electron chi connectivity index (χ1n) is 7.76. The maximum atomic E-state index is 9.55. The molecule has 1 atom stereocenters. The summed E-state index contributed by atoms with van der Waals surface area (Å²) in [7, 11) is 0. The molecule has 4 nitrogen and oxygen atoms in total. The van der Waals surface area contributed by atoms with E-state index in [-0.39, 0.29) is 6.10 Å². The Balaban J connectivity index is 1.95. The van der Waals surface area contributed by atoms with E-state index in [0.717, 1.165) is 30.6 Å². The molecule has 0 fully saturated rings. The number of nitrogens with one attached hydrogen (secondary N) is 1. The number of aromatic nitrogens is 2. The van der Waals surface area contributed by atoms with E-state index in [1.165, 1.54) is 5.56 Å². The normalized spacial score (nSPS) is 12.5. The second-order valence-corrected chi connectivity index (χ2v) is 5.88. The molecule has 0 aliphatic heterocycles. The molecule has 0 saturated heterocycles. The second-order valence-electron chi connectivity index (χ2n) is 5.53. The van der Waals surface area contributed by atoms with Crippen LogP contribution in [-0.2, 0) is 13.1 Å². The highest BCUT2D eigenvalue weighted by Gasteiger charge is 2.13. The van der Waals surface area contributed by atoms with Crippen LogP contribution in [0, 0.1) is 6.92 Å². The molecule has 0 amide bonds. The Kier molecular flexibility index (Phi) is 6.43. The standard InChI is InChI=1S/C17H24ClN3O/c1-3-15(22)9-10-19-11-16-13(2)20-21(17(16)18)12-14-7-5-4-6-8-14/h4-8,15,19,22H,3,9-12H2,1-2H3. The van der Waals surface area contributed by atoms with Crippen molar-refractivity contribution < 1.29 is 5.11 Å². The van der Waals surface area contributed by atoms with Crippen LogP contribution in [-0.4, -0.2) is 27.5 Å². The number of rotatable bonds is 8. The molecule has 0 aliphatic rings. The van der Waals surface area contributed by atoms with Gasteiger partial charge < -0.3 is 10.4 Å². The maximum Gasteiger partial charge on any atom is 0.132 e. The molecule has 1 unspecified atom stereocenters. The Bertz CT molecular complexity index is 583. The average Bonchev–Trinajstić information content (AvgIpc) is 2.79. The summed E-state index contributed by atoms with van der Waals surface area (Å²) >= 11 is 6.46. The molecule has 0 bridgehead atoms. The van der Waals surface area contributed by atoms with Crippen LogP contribution in [0.5, 0.6) is 0 Å². The summed E-state index contributed by atoms with van der Waals surface area (Å²) in [5.74, 6) is 0. The molecule has 2 N–H and O–H groups in total. The van der Waals surface area contributed by atoms with Gasteiger partial charge in [-0.3, -0.25) is 0 Å². The zero-order chi connectivity index (χ0) is 15.9. The Morgan fingerprint density at radius 2 is 2.05 bits per heavy atom. The molecule has 0 spiro atoms. The zero-order valence-corrected chi connectivity index (χ0v) is 14.0. The lowest BCUT2D eigenvalue weighted by molar-refractivity contribution is 0.159. The minimum absolute atomic E-state index is 0.232. The van der Waals surface area contributed by atoms with Gasteiger partial charge in [-0.25, -0.2) is 4.68 Å². The molecular formula is C17H24ClN3O. The molecule has 2 rings (SSSR count). The number of hydrogen-bond donors (Lipinski definition) is 2. The first-order chi connectivity index (χ1) is 10.6. The average molecular weight is 322 g/mol. The highest BCUT2D eigenvalue weighted by atomic mass is 35.5. The van der Waals surface area contributed by atoms with Crippen molar-refractivity contribution in [2.45, 2.75) is 45.9 Å². The van der Waals surface area contributed by atoms with Crippen molar-refractivity contribution in [3.63, 3.8) is 0 Å². The van der Waals surface area contributed by atoms with Crippen LogP contribution in [0.3, 0.4) is 0 Å². The Hall–Kier alpha value is -1.36. The topological polar surface area (TPSA) is 50.1 Å². The lowest BCUT2D eigenvalue weighted by atomic mass is 10.2. The summed E-state index contributed by atoms with van der Waals surface area (Å²) in [6.45, 7) is 6.09. The number of aliphatic hydroxyl groups excluding tert-OH is 1. The Labute approximate surface area is 137 Å². The molecule has 1 aromatic carbocycles. The van der Waals surface area contributed by atoms with Crippen molar-refractivity contribution in [3.05, 3.63) is 52.3 Å². The zero-order valence-electron chi connectivity index (χ0n) is 13.2. The van der Waals surface area contributed by atoms with Gasteiger partial charge in [-0.15, -0.1) is 0 Å². The molecule has 2 aromatic rings. The Morgan fingerprint density at radius 1 is 1.32 bits per heavy atom. The van der Waals surface area contributed by atoms with Crippen LogP contribution < -0.4 is 5.32 Å². The summed E-state index contributed by atoms with van der Waals surface area (Å²) in [5.41, 5.74) is 3.16. The fourth-order valence-corrected chi connectivity index (χ4v) is 2.64. The van der Waals surface area contributed by atoms with E-state index >= 15 is 0 Å². The highest BCUT2D eigenvalue weighted by Crippen LogP contribution is 2.20. The molecule has 120 valence electrons. The molecule has 0 saturated carbocycles. The summed E-state index contributed by atoms with van der Waals surface area (Å²) in [5, 5.41) is 18.1. The van der Waals surface area contributed by atoms with Crippen molar-refractivity contribution >= 4 is 11.6 Å². The minimum atomic E-state index is -0.232. The van der Waals surface area contributed by atoms with Crippen molar-refractivity contribution in [2.75, 3.05) is 6.54 Å². The smallest absolute Gasteiger partial charge is 0.132 e. The fourth-order valence-electron chi connectivity index (χ4n) is 2.34. The van der Waals surface area contributed by atoms with E-state index in [2.05, 4.69) is 22.5 Å². The number of aryl methyl sites for hydroxylation is 1. The molecule has 1 heterocycles. The van der Waals surface area contributed by atoms with Gasteiger partial charge in [0.1, 0.15) is 5.15 Å². The first-order valence-corrected chi connectivity index (χ1v) is 8.14. The largest absolute Gasteiger partial charge is 0.393 e. The second kappa shape index (κ2) is 8.32. The Morgan fingerprint density at radius 3 is 2.73 bits per heavy atom. The lowest BCUT2D eigenvalue weighted by Crippen LogP contribution is -2.20. The molecule has 5 heteroatoms. The van der Waals surface area contributed by atoms with Crippen molar-refractivity contribution in [2.24, 2.45) is 0 Å². The van der Waals surface area contributed by atoms with E-state index in [1.807, 2.05) is 36.7 Å². The highest BCUT2D eigenvalue weighted by molar-refractivity contribution is 6.30. The van der Waals surface area contributed by atoms with Gasteiger partial charge in [-0.1, -0.05) is 48.9 Å². The van der Waals surface area contributed by atoms with Crippen LogP contribution in [0.1, 0.15) is 36.6 Å². The van der Waals surface area contributed by atoms with Gasteiger partial charge in [0.2, 0.25) is 0 Å². The van der Waals surface area contributed by atoms with E-state index < -0.39 is 0 Å². The molecule has 0 radical (unpaired) electrons. The van der Waals surface area contributed by atoms with E-state index in [1.54, 1.807) is 0 Å². The van der Waals surface area contributed by atoms with Gasteiger partial charge in [0.05, 0.1) is 18.3 Å². The van der Waals surface area contributed by atoms with Gasteiger partial charge in [0, 0.05) is 12.1 Å². The van der Waals surface area contributed by atoms with Gasteiger partial charge in [0.15, 0.2) is 0 Å². The summed E-state index contributed by atoms with van der Waals surface area (Å²) in [6, 6.07) is 10.2. The molecule has 22 heavy (non-hydrogen) atoms. The summed E-state index contributed by atoms with van der Waals surface area (Å²) in [6.07, 6.45) is 1.31. The number of benzene rings is 1. The quantitative estimate of drug-likeness (QED) is 0.734. The van der Waals surface area contributed by atoms with Gasteiger partial charge in [-0.2, -0.15) is 5.10 Å². The summed E-state index contributed by atoms with van der Waals surface area (Å²) < 4.78 is 1.84. The van der Waals surface area contributed by atoms with Crippen LogP contribution >= 0.6 is 11.6 Å². The van der Waals surface area contributed by atoms with Crippen LogP contribution in [0.4, 0.5) is 0 Å². The summed E-state index contributed by atoms with van der Waals surface area (Å²) in [4.78, 5) is 0. The SMILES string of the molecule is CCC(O)CCNCc1c(C)nn(Cc2ccccc2)c1Cl. The van der Waals surface area contributed by atoms with Crippen molar-refractivity contribution in [3.8, 4) is 0 Å². The predicted molar refractivity (Wildman–Crippen MR) is 90.1 cm³/mol. The lowest BCUT2D eigenvalue weighted by Gasteiger charge is -2.09. The monoisotopic (exact) mass is 321 g/mol. The molecule has 0 aliphatic carbocycles. The van der Waals surface area contributed by atoms with Gasteiger partial charge >= 0.3 is 0 Å². The van der Waals surface area contributed by atoms with Gasteiger partial charge in [0.25, 0.3) is 0 Å². The van der Waals surface area contributed by atoms with Crippen LogP contribution in [0.15, 0.2) is 30.3 Å². The molecule has 1 aromatic heterocycles. The van der Waals surface area contributed by atoms with E-state index in [9.17, 15) is 5.11 Å². The molecular weight excluding hydrogens is 298 g/mol. The number of nitrogens with zero attached hydrogens (tertiary/aromatic N) is 2. The van der Waals surface area contributed by atoms with Crippen LogP contribution in [0.25, 0.3) is 0 Å². The minimum Gasteiger partial charge on any atom is -0.393 e. The van der Waals surface area contributed by atoms with Gasteiger partial charge in [-0.05, 0) is 31.9 Å². The third-order valence-corrected chi connectivity index (χ3v) is 4.21. The van der Waals surface area contributed by atoms with Crippen LogP contribution in [0.2, 0.25) is 5.15 Å². The fraction of sp³-hybridized carbons (Fsp3) is 0.471. The number of aliphatic hydroxyl groups is 1. The third kappa shape index (κ3) is 4.57. The third-order valence-electron chi connectivity index (χ3n) is 3.79. The van der Waals surface area contributed by atoms with Crippen molar-refractivity contribution in [1.29, 1.82) is 0 Å². The predicted octanol–water partition coefficient (Wildman–Crippen LogP) is 3.14. The number of halogens is 1. The van der Waals surface area contributed by atoms with E-state index in [4.69, 9.17) is 11.6 Å². The maximum absolute atomic E-state index is 9.55. The van der Waals surface area contributed by atoms with E-state index in [0.29, 0.717) is 18.2 Å². The number of hydrogen-bond acceptors (Lipinski definition) is 3. The first kappa shape index (κ1) is 17.0. The van der Waals surface area contributed by atoms with Crippen molar-refractivity contribution in [1.82, 2.24) is 15.1 Å².